The summed E-state index contributed by atoms with van der Waals surface area (Å²) in [5, 5.41) is 2.85. The van der Waals surface area contributed by atoms with Gasteiger partial charge in [0.05, 0.1) is 6.54 Å². The van der Waals surface area contributed by atoms with Crippen LogP contribution in [0.4, 0.5) is 0 Å². The van der Waals surface area contributed by atoms with Crippen LogP contribution in [0, 0.1) is 0 Å². The Bertz CT molecular complexity index is 532. The minimum atomic E-state index is 0. The van der Waals surface area contributed by atoms with Crippen LogP contribution in [0.25, 0.3) is 0 Å². The van der Waals surface area contributed by atoms with Gasteiger partial charge in [-0.1, -0.05) is 82.9 Å². The maximum Gasteiger partial charge on any atom is 0.249 e. The van der Waals surface area contributed by atoms with Crippen LogP contribution in [0.5, 0.6) is 0 Å². The molecule has 1 amide bonds. The Hall–Kier alpha value is -1.26. The molecule has 0 atom stereocenters. The van der Waals surface area contributed by atoms with Crippen molar-refractivity contribution >= 4 is 18.3 Å². The average molecular weight is 469 g/mol. The fraction of sp³-hybridized carbons (Fsp3) is 0.741. The third-order valence-corrected chi connectivity index (χ3v) is 5.65. The van der Waals surface area contributed by atoms with E-state index in [2.05, 4.69) is 24.4 Å². The molecular weight excluding hydrogens is 420 g/mol. The first-order chi connectivity index (χ1) is 15.3. The molecule has 0 aromatic carbocycles. The SMILES string of the molecule is CCCCCCCCC=CCCCCCCCCOCN1C=CC=C(C(=O)NCC)C1.Cl. The molecule has 0 saturated heterocycles. The summed E-state index contributed by atoms with van der Waals surface area (Å²) in [5.74, 6) is 0.0187. The third kappa shape index (κ3) is 17.3. The first-order valence-electron chi connectivity index (χ1n) is 12.9. The lowest BCUT2D eigenvalue weighted by molar-refractivity contribution is -0.117. The Morgan fingerprint density at radius 3 is 2.16 bits per heavy atom. The molecule has 1 N–H and O–H groups in total. The number of rotatable bonds is 20. The van der Waals surface area contributed by atoms with Gasteiger partial charge in [-0.2, -0.15) is 0 Å². The number of hydrogen-bond donors (Lipinski definition) is 1. The molecule has 32 heavy (non-hydrogen) atoms. The number of ether oxygens (including phenoxy) is 1. The number of nitrogens with zero attached hydrogens (tertiary/aromatic N) is 1. The van der Waals surface area contributed by atoms with Gasteiger partial charge in [0.15, 0.2) is 0 Å². The van der Waals surface area contributed by atoms with Crippen LogP contribution >= 0.6 is 12.4 Å². The highest BCUT2D eigenvalue weighted by atomic mass is 35.5. The molecule has 1 aliphatic rings. The van der Waals surface area contributed by atoms with E-state index >= 15 is 0 Å². The van der Waals surface area contributed by atoms with Crippen LogP contribution in [0.1, 0.15) is 104 Å². The van der Waals surface area contributed by atoms with E-state index in [0.29, 0.717) is 19.8 Å². The van der Waals surface area contributed by atoms with E-state index < -0.39 is 0 Å². The summed E-state index contributed by atoms with van der Waals surface area (Å²) in [4.78, 5) is 13.9. The predicted molar refractivity (Wildman–Crippen MR) is 140 cm³/mol. The van der Waals surface area contributed by atoms with Gasteiger partial charge in [0.1, 0.15) is 6.73 Å². The van der Waals surface area contributed by atoms with E-state index in [4.69, 9.17) is 4.74 Å². The van der Waals surface area contributed by atoms with E-state index in [1.54, 1.807) is 0 Å². The Kier molecular flexibility index (Phi) is 22.0. The van der Waals surface area contributed by atoms with Crippen LogP contribution < -0.4 is 5.32 Å². The molecule has 0 saturated carbocycles. The number of carbonyl (C=O) groups is 1. The van der Waals surface area contributed by atoms with Crippen molar-refractivity contribution in [3.05, 3.63) is 36.1 Å². The van der Waals surface area contributed by atoms with Gasteiger partial charge >= 0.3 is 0 Å². The molecule has 1 rings (SSSR count). The smallest absolute Gasteiger partial charge is 0.249 e. The summed E-state index contributed by atoms with van der Waals surface area (Å²) in [6.45, 7) is 6.84. The largest absolute Gasteiger partial charge is 0.361 e. The van der Waals surface area contributed by atoms with Crippen molar-refractivity contribution in [1.29, 1.82) is 0 Å². The standard InChI is InChI=1S/C27H48N2O2.ClH/c1-3-5-6-7-8-9-10-11-12-13-14-15-16-17-18-19-23-31-25-29-22-20-21-26(24-29)27(30)28-4-2;/h11-12,20-22H,3-10,13-19,23-25H2,1-2H3,(H,28,30);1H. The van der Waals surface area contributed by atoms with Crippen LogP contribution in [-0.4, -0.2) is 37.2 Å². The number of amides is 1. The number of likely N-dealkylation sites (N-methyl/N-ethyl adjacent to an activating group) is 1. The Labute approximate surface area is 204 Å². The Morgan fingerprint density at radius 1 is 0.938 bits per heavy atom. The lowest BCUT2D eigenvalue weighted by atomic mass is 10.1. The molecule has 1 aliphatic heterocycles. The van der Waals surface area contributed by atoms with Crippen molar-refractivity contribution in [1.82, 2.24) is 10.2 Å². The molecule has 1 heterocycles. The molecule has 0 aromatic rings. The monoisotopic (exact) mass is 468 g/mol. The molecule has 0 unspecified atom stereocenters. The second-order valence-corrected chi connectivity index (χ2v) is 8.61. The number of nitrogens with one attached hydrogen (secondary N) is 1. The van der Waals surface area contributed by atoms with Gasteiger partial charge in [0, 0.05) is 24.9 Å². The number of hydrogen-bond acceptors (Lipinski definition) is 3. The van der Waals surface area contributed by atoms with Crippen molar-refractivity contribution < 1.29 is 9.53 Å². The number of carbonyl (C=O) groups excluding carboxylic acids is 1. The number of unbranched alkanes of at least 4 members (excludes halogenated alkanes) is 12. The minimum Gasteiger partial charge on any atom is -0.361 e. The average Bonchev–Trinajstić information content (AvgIpc) is 2.78. The van der Waals surface area contributed by atoms with Gasteiger partial charge in [0.25, 0.3) is 0 Å². The van der Waals surface area contributed by atoms with Gasteiger partial charge < -0.3 is 15.0 Å². The summed E-state index contributed by atoms with van der Waals surface area (Å²) in [5.41, 5.74) is 0.796. The number of allylic oxidation sites excluding steroid dienone is 4. The van der Waals surface area contributed by atoms with Crippen molar-refractivity contribution in [3.8, 4) is 0 Å². The van der Waals surface area contributed by atoms with E-state index in [1.165, 1.54) is 83.5 Å². The summed E-state index contributed by atoms with van der Waals surface area (Å²) in [6, 6.07) is 0. The van der Waals surface area contributed by atoms with E-state index in [9.17, 15) is 4.79 Å². The highest BCUT2D eigenvalue weighted by Crippen LogP contribution is 2.11. The van der Waals surface area contributed by atoms with Gasteiger partial charge in [-0.25, -0.2) is 0 Å². The summed E-state index contributed by atoms with van der Waals surface area (Å²) >= 11 is 0. The maximum absolute atomic E-state index is 11.9. The van der Waals surface area contributed by atoms with Crippen molar-refractivity contribution in [2.45, 2.75) is 104 Å². The zero-order valence-electron chi connectivity index (χ0n) is 20.8. The summed E-state index contributed by atoms with van der Waals surface area (Å²) < 4.78 is 5.79. The van der Waals surface area contributed by atoms with Gasteiger partial charge in [0.2, 0.25) is 5.91 Å². The van der Waals surface area contributed by atoms with E-state index in [0.717, 1.165) is 18.6 Å². The molecule has 0 fully saturated rings. The molecule has 0 spiro atoms. The van der Waals surface area contributed by atoms with E-state index in [-0.39, 0.29) is 18.3 Å². The topological polar surface area (TPSA) is 41.6 Å². The molecule has 0 aliphatic carbocycles. The molecule has 4 nitrogen and oxygen atoms in total. The third-order valence-electron chi connectivity index (χ3n) is 5.65. The Morgan fingerprint density at radius 2 is 1.53 bits per heavy atom. The lowest BCUT2D eigenvalue weighted by Crippen LogP contribution is -2.33. The first kappa shape index (κ1) is 30.7. The highest BCUT2D eigenvalue weighted by Gasteiger charge is 2.13. The van der Waals surface area contributed by atoms with Crippen LogP contribution in [0.3, 0.4) is 0 Å². The molecule has 186 valence electrons. The van der Waals surface area contributed by atoms with Crippen molar-refractivity contribution in [3.63, 3.8) is 0 Å². The van der Waals surface area contributed by atoms with Crippen molar-refractivity contribution in [2.75, 3.05) is 26.4 Å². The van der Waals surface area contributed by atoms with Crippen molar-refractivity contribution in [2.24, 2.45) is 0 Å². The molecule has 0 bridgehead atoms. The maximum atomic E-state index is 11.9. The molecule has 0 aromatic heterocycles. The zero-order chi connectivity index (χ0) is 22.4. The molecular formula is C27H49ClN2O2. The predicted octanol–water partition coefficient (Wildman–Crippen LogP) is 7.31. The Balaban J connectivity index is 0.00000961. The fourth-order valence-electron chi connectivity index (χ4n) is 3.75. The summed E-state index contributed by atoms with van der Waals surface area (Å²) in [6.07, 6.45) is 29.1. The van der Waals surface area contributed by atoms with Gasteiger partial charge in [-0.3, -0.25) is 4.79 Å². The first-order valence-corrected chi connectivity index (χ1v) is 12.9. The second-order valence-electron chi connectivity index (χ2n) is 8.61. The molecule has 0 radical (unpaired) electrons. The minimum absolute atomic E-state index is 0. The summed E-state index contributed by atoms with van der Waals surface area (Å²) in [7, 11) is 0. The highest BCUT2D eigenvalue weighted by molar-refractivity contribution is 5.94. The quantitative estimate of drug-likeness (QED) is 0.150. The lowest BCUT2D eigenvalue weighted by Gasteiger charge is -2.24. The fourth-order valence-corrected chi connectivity index (χ4v) is 3.75. The van der Waals surface area contributed by atoms with Crippen LogP contribution in [0.15, 0.2) is 36.1 Å². The second kappa shape index (κ2) is 22.9. The normalized spacial score (nSPS) is 13.3. The number of halogens is 1. The zero-order valence-corrected chi connectivity index (χ0v) is 21.6. The van der Waals surface area contributed by atoms with Crippen LogP contribution in [-0.2, 0) is 9.53 Å². The molecule has 5 heteroatoms. The van der Waals surface area contributed by atoms with Gasteiger partial charge in [-0.05, 0) is 45.1 Å². The van der Waals surface area contributed by atoms with Crippen LogP contribution in [0.2, 0.25) is 0 Å². The van der Waals surface area contributed by atoms with Gasteiger partial charge in [-0.15, -0.1) is 12.4 Å². The van der Waals surface area contributed by atoms with E-state index in [1.807, 2.05) is 30.2 Å².